The van der Waals surface area contributed by atoms with Crippen molar-refractivity contribution < 1.29 is 9.47 Å². The summed E-state index contributed by atoms with van der Waals surface area (Å²) in [5, 5.41) is 7.91. The highest BCUT2D eigenvalue weighted by atomic mass is 16.5. The van der Waals surface area contributed by atoms with Gasteiger partial charge in [-0.1, -0.05) is 0 Å². The van der Waals surface area contributed by atoms with Gasteiger partial charge in [-0.25, -0.2) is 9.36 Å². The van der Waals surface area contributed by atoms with E-state index >= 15 is 0 Å². The number of rotatable bonds is 4. The predicted molar refractivity (Wildman–Crippen MR) is 85.9 cm³/mol. The van der Waals surface area contributed by atoms with Gasteiger partial charge in [-0.2, -0.15) is 9.97 Å². The van der Waals surface area contributed by atoms with E-state index in [0.717, 1.165) is 9.36 Å². The molecule has 0 radical (unpaired) electrons. The maximum absolute atomic E-state index is 11.4. The van der Waals surface area contributed by atoms with Gasteiger partial charge in [-0.3, -0.25) is 9.59 Å². The molecule has 128 valence electrons. The highest BCUT2D eigenvalue weighted by Gasteiger charge is 2.09. The van der Waals surface area contributed by atoms with Gasteiger partial charge in [0.1, 0.15) is 0 Å². The Kier molecular flexibility index (Phi) is 4.25. The standard InChI is InChI=1S/C15H14N6O4/c1-9-8-12(24-10-4-6-13(22)20(2)18-10)17-15(16-9)25-11-5-7-14(23)21(3)19-11/h4-8H,1-3H3. The summed E-state index contributed by atoms with van der Waals surface area (Å²) in [6.07, 6.45) is 0. The highest BCUT2D eigenvalue weighted by molar-refractivity contribution is 5.24. The molecule has 0 aliphatic heterocycles. The molecule has 3 aromatic heterocycles. The fourth-order valence-corrected chi connectivity index (χ4v) is 1.88. The minimum absolute atomic E-state index is 0.00553. The van der Waals surface area contributed by atoms with Crippen LogP contribution in [0, 0.1) is 6.92 Å². The molecule has 25 heavy (non-hydrogen) atoms. The number of aromatic nitrogens is 6. The van der Waals surface area contributed by atoms with Crippen LogP contribution in [0.15, 0.2) is 39.9 Å². The van der Waals surface area contributed by atoms with Crippen LogP contribution in [0.4, 0.5) is 0 Å². The Morgan fingerprint density at radius 3 is 1.92 bits per heavy atom. The van der Waals surface area contributed by atoms with Gasteiger partial charge < -0.3 is 9.47 Å². The molecular formula is C15H14N6O4. The molecule has 0 atom stereocenters. The molecule has 0 fully saturated rings. The van der Waals surface area contributed by atoms with Gasteiger partial charge in [0.05, 0.1) is 0 Å². The van der Waals surface area contributed by atoms with Crippen molar-refractivity contribution in [3.63, 3.8) is 0 Å². The first-order valence-corrected chi connectivity index (χ1v) is 7.21. The summed E-state index contributed by atoms with van der Waals surface area (Å²) in [6, 6.07) is 7.11. The molecule has 0 N–H and O–H groups in total. The van der Waals surface area contributed by atoms with Crippen molar-refractivity contribution in [1.29, 1.82) is 0 Å². The molecule has 0 aromatic carbocycles. The van der Waals surface area contributed by atoms with Crippen molar-refractivity contribution in [2.24, 2.45) is 14.1 Å². The molecule has 10 nitrogen and oxygen atoms in total. The molecule has 3 heterocycles. The van der Waals surface area contributed by atoms with E-state index in [9.17, 15) is 9.59 Å². The van der Waals surface area contributed by atoms with Gasteiger partial charge in [0.2, 0.25) is 17.6 Å². The molecule has 0 saturated heterocycles. The van der Waals surface area contributed by atoms with E-state index in [4.69, 9.17) is 9.47 Å². The van der Waals surface area contributed by atoms with Crippen LogP contribution in [-0.4, -0.2) is 29.5 Å². The van der Waals surface area contributed by atoms with Crippen molar-refractivity contribution in [1.82, 2.24) is 29.5 Å². The van der Waals surface area contributed by atoms with Gasteiger partial charge >= 0.3 is 6.01 Å². The number of aryl methyl sites for hydroxylation is 3. The van der Waals surface area contributed by atoms with Crippen LogP contribution in [-0.2, 0) is 14.1 Å². The Morgan fingerprint density at radius 1 is 0.800 bits per heavy atom. The van der Waals surface area contributed by atoms with Crippen LogP contribution in [0.5, 0.6) is 23.7 Å². The smallest absolute Gasteiger partial charge is 0.326 e. The Morgan fingerprint density at radius 2 is 1.36 bits per heavy atom. The Labute approximate surface area is 141 Å². The summed E-state index contributed by atoms with van der Waals surface area (Å²) < 4.78 is 13.3. The third-order valence-corrected chi connectivity index (χ3v) is 3.09. The van der Waals surface area contributed by atoms with Gasteiger partial charge in [-0.15, -0.1) is 10.2 Å². The van der Waals surface area contributed by atoms with Crippen molar-refractivity contribution in [2.75, 3.05) is 0 Å². The molecule has 10 heteroatoms. The topological polar surface area (TPSA) is 114 Å². The molecule has 0 aliphatic carbocycles. The average molecular weight is 342 g/mol. The quantitative estimate of drug-likeness (QED) is 0.675. The zero-order chi connectivity index (χ0) is 18.0. The number of ether oxygens (including phenoxy) is 2. The van der Waals surface area contributed by atoms with E-state index < -0.39 is 0 Å². The van der Waals surface area contributed by atoms with E-state index in [2.05, 4.69) is 20.2 Å². The Balaban J connectivity index is 1.86. The van der Waals surface area contributed by atoms with Crippen molar-refractivity contribution >= 4 is 0 Å². The second-order valence-electron chi connectivity index (χ2n) is 5.10. The lowest BCUT2D eigenvalue weighted by atomic mass is 10.4. The minimum atomic E-state index is -0.262. The van der Waals surface area contributed by atoms with Gasteiger partial charge in [0, 0.05) is 50.1 Å². The maximum Gasteiger partial charge on any atom is 0.326 e. The Bertz CT molecular complexity index is 963. The van der Waals surface area contributed by atoms with E-state index in [1.807, 2.05) is 0 Å². The third kappa shape index (κ3) is 3.86. The Hall–Kier alpha value is -3.56. The summed E-state index contributed by atoms with van der Waals surface area (Å²) in [5.74, 6) is 0.559. The SMILES string of the molecule is Cc1cc(Oc2ccc(=O)n(C)n2)nc(Oc2ccc(=O)n(C)n2)n1. The third-order valence-electron chi connectivity index (χ3n) is 3.09. The van der Waals surface area contributed by atoms with Crippen LogP contribution in [0.2, 0.25) is 0 Å². The van der Waals surface area contributed by atoms with Gasteiger partial charge in [0.15, 0.2) is 0 Å². The number of nitrogens with zero attached hydrogens (tertiary/aromatic N) is 6. The first-order valence-electron chi connectivity index (χ1n) is 7.21. The largest absolute Gasteiger partial charge is 0.419 e. The zero-order valence-corrected chi connectivity index (χ0v) is 13.7. The molecule has 3 rings (SSSR count). The molecule has 0 aliphatic rings. The van der Waals surface area contributed by atoms with Crippen LogP contribution in [0.1, 0.15) is 5.69 Å². The fraction of sp³-hybridized carbons (Fsp3) is 0.200. The van der Waals surface area contributed by atoms with E-state index in [1.165, 1.54) is 38.4 Å². The summed E-state index contributed by atoms with van der Waals surface area (Å²) in [5.41, 5.74) is 0.0768. The van der Waals surface area contributed by atoms with Crippen LogP contribution in [0.25, 0.3) is 0 Å². The highest BCUT2D eigenvalue weighted by Crippen LogP contribution is 2.21. The van der Waals surface area contributed by atoms with Gasteiger partial charge in [-0.05, 0) is 6.92 Å². The van der Waals surface area contributed by atoms with E-state index in [0.29, 0.717) is 5.69 Å². The summed E-state index contributed by atoms with van der Waals surface area (Å²) in [6.45, 7) is 1.74. The van der Waals surface area contributed by atoms with Crippen molar-refractivity contribution in [2.45, 2.75) is 6.92 Å². The number of hydrogen-bond donors (Lipinski definition) is 0. The predicted octanol–water partition coefficient (Wildman–Crippen LogP) is 0.557. The lowest BCUT2D eigenvalue weighted by Crippen LogP contribution is -2.18. The normalized spacial score (nSPS) is 10.5. The molecule has 0 amide bonds. The second kappa shape index (κ2) is 6.51. The van der Waals surface area contributed by atoms with E-state index in [-0.39, 0.29) is 34.8 Å². The minimum Gasteiger partial charge on any atom is -0.419 e. The lowest BCUT2D eigenvalue weighted by molar-refractivity contribution is 0.380. The average Bonchev–Trinajstić information content (AvgIpc) is 2.54. The molecule has 0 bridgehead atoms. The van der Waals surface area contributed by atoms with Crippen molar-refractivity contribution in [3.8, 4) is 23.7 Å². The maximum atomic E-state index is 11.4. The first-order chi connectivity index (χ1) is 11.9. The molecule has 3 aromatic rings. The molecule has 0 saturated carbocycles. The van der Waals surface area contributed by atoms with Crippen molar-refractivity contribution in [3.05, 3.63) is 56.7 Å². The second-order valence-corrected chi connectivity index (χ2v) is 5.10. The first kappa shape index (κ1) is 16.3. The van der Waals surface area contributed by atoms with Crippen LogP contribution >= 0.6 is 0 Å². The van der Waals surface area contributed by atoms with Crippen LogP contribution < -0.4 is 20.6 Å². The summed E-state index contributed by atoms with van der Waals surface area (Å²) in [7, 11) is 3.02. The fourth-order valence-electron chi connectivity index (χ4n) is 1.88. The summed E-state index contributed by atoms with van der Waals surface area (Å²) >= 11 is 0. The number of hydrogen-bond acceptors (Lipinski definition) is 8. The van der Waals surface area contributed by atoms with Gasteiger partial charge in [0.25, 0.3) is 11.1 Å². The molecule has 0 unspecified atom stereocenters. The zero-order valence-electron chi connectivity index (χ0n) is 13.7. The molecular weight excluding hydrogens is 328 g/mol. The monoisotopic (exact) mass is 342 g/mol. The molecule has 0 spiro atoms. The summed E-state index contributed by atoms with van der Waals surface area (Å²) in [4.78, 5) is 31.0. The lowest BCUT2D eigenvalue weighted by Gasteiger charge is -2.08. The van der Waals surface area contributed by atoms with Crippen LogP contribution in [0.3, 0.4) is 0 Å². The van der Waals surface area contributed by atoms with E-state index in [1.54, 1.807) is 13.0 Å².